The molecule has 2 aliphatic rings. The van der Waals surface area contributed by atoms with E-state index >= 15 is 0 Å². The minimum Gasteiger partial charge on any atom is -0.474 e. The molecule has 3 heterocycles. The second-order valence-corrected chi connectivity index (χ2v) is 16.1. The molecule has 1 amide bonds. The van der Waals surface area contributed by atoms with E-state index in [0.717, 1.165) is 35.4 Å². The molecule has 1 N–H and O–H groups in total. The SMILES string of the molecule is C[Si](C)(C)CCOCn1cc(-c2cccnc2OC2CC2)c2ccc(NC(=O)C3CC3F)nc21. The highest BCUT2D eigenvalue weighted by Crippen LogP contribution is 2.38. The van der Waals surface area contributed by atoms with Gasteiger partial charge in [0.25, 0.3) is 0 Å². The van der Waals surface area contributed by atoms with Crippen molar-refractivity contribution < 1.29 is 18.7 Å². The molecule has 2 unspecified atom stereocenters. The normalized spacial score (nSPS) is 19.9. The molecule has 0 saturated heterocycles. The van der Waals surface area contributed by atoms with E-state index in [1.807, 2.05) is 29.0 Å². The monoisotopic (exact) mass is 482 g/mol. The molecule has 180 valence electrons. The van der Waals surface area contributed by atoms with Crippen LogP contribution in [0.1, 0.15) is 19.3 Å². The molecule has 34 heavy (non-hydrogen) atoms. The Morgan fingerprint density at radius 3 is 2.74 bits per heavy atom. The summed E-state index contributed by atoms with van der Waals surface area (Å²) in [6.07, 6.45) is 5.31. The molecule has 0 radical (unpaired) electrons. The third kappa shape index (κ3) is 5.31. The maximum Gasteiger partial charge on any atom is 0.231 e. The van der Waals surface area contributed by atoms with Crippen LogP contribution in [0.2, 0.25) is 25.7 Å². The average Bonchev–Trinajstić information content (AvgIpc) is 3.71. The molecule has 0 bridgehead atoms. The Labute approximate surface area is 199 Å². The number of halogens is 1. The lowest BCUT2D eigenvalue weighted by atomic mass is 10.1. The number of anilines is 1. The summed E-state index contributed by atoms with van der Waals surface area (Å²) in [6, 6.07) is 8.66. The van der Waals surface area contributed by atoms with Crippen LogP contribution in [0.15, 0.2) is 36.7 Å². The van der Waals surface area contributed by atoms with Crippen molar-refractivity contribution in [2.45, 2.75) is 64.0 Å². The lowest BCUT2D eigenvalue weighted by Crippen LogP contribution is -2.22. The van der Waals surface area contributed by atoms with Crippen LogP contribution in [0.5, 0.6) is 5.88 Å². The van der Waals surface area contributed by atoms with Crippen molar-refractivity contribution in [1.82, 2.24) is 14.5 Å². The van der Waals surface area contributed by atoms with Crippen LogP contribution < -0.4 is 10.1 Å². The third-order valence-corrected chi connectivity index (χ3v) is 7.82. The molecule has 9 heteroatoms. The fourth-order valence-electron chi connectivity index (χ4n) is 3.78. The van der Waals surface area contributed by atoms with Crippen LogP contribution in [0, 0.1) is 5.92 Å². The molecular formula is C25H31FN4O3Si. The third-order valence-electron chi connectivity index (χ3n) is 6.11. The van der Waals surface area contributed by atoms with Gasteiger partial charge in [0.2, 0.25) is 11.8 Å². The summed E-state index contributed by atoms with van der Waals surface area (Å²) in [5, 5.41) is 3.67. The minimum absolute atomic E-state index is 0.230. The van der Waals surface area contributed by atoms with Gasteiger partial charge in [0.15, 0.2) is 0 Å². The summed E-state index contributed by atoms with van der Waals surface area (Å²) in [5.74, 6) is 0.132. The molecule has 2 atom stereocenters. The van der Waals surface area contributed by atoms with Crippen LogP contribution in [-0.4, -0.2) is 47.4 Å². The highest BCUT2D eigenvalue weighted by atomic mass is 28.3. The van der Waals surface area contributed by atoms with Crippen LogP contribution in [0.4, 0.5) is 10.2 Å². The topological polar surface area (TPSA) is 78.3 Å². The summed E-state index contributed by atoms with van der Waals surface area (Å²) in [7, 11) is -1.20. The van der Waals surface area contributed by atoms with Crippen LogP contribution in [0.3, 0.4) is 0 Å². The van der Waals surface area contributed by atoms with Crippen molar-refractivity contribution in [1.29, 1.82) is 0 Å². The number of aromatic nitrogens is 3. The molecular weight excluding hydrogens is 451 g/mol. The number of alkyl halides is 1. The van der Waals surface area contributed by atoms with E-state index in [4.69, 9.17) is 14.5 Å². The van der Waals surface area contributed by atoms with Crippen LogP contribution in [-0.2, 0) is 16.3 Å². The average molecular weight is 483 g/mol. The lowest BCUT2D eigenvalue weighted by molar-refractivity contribution is -0.117. The van der Waals surface area contributed by atoms with E-state index in [0.29, 0.717) is 30.7 Å². The summed E-state index contributed by atoms with van der Waals surface area (Å²) in [5.41, 5.74) is 2.54. The van der Waals surface area contributed by atoms with Gasteiger partial charge in [-0.25, -0.2) is 14.4 Å². The molecule has 2 aliphatic carbocycles. The van der Waals surface area contributed by atoms with E-state index in [2.05, 4.69) is 29.9 Å². The van der Waals surface area contributed by atoms with Gasteiger partial charge in [-0.2, -0.15) is 0 Å². The van der Waals surface area contributed by atoms with Crippen molar-refractivity contribution in [2.24, 2.45) is 5.92 Å². The predicted molar refractivity (Wildman–Crippen MR) is 132 cm³/mol. The van der Waals surface area contributed by atoms with Gasteiger partial charge in [0.1, 0.15) is 30.5 Å². The smallest absolute Gasteiger partial charge is 0.231 e. The number of amides is 1. The molecule has 0 aromatic carbocycles. The zero-order chi connectivity index (χ0) is 23.9. The van der Waals surface area contributed by atoms with Crippen LogP contribution >= 0.6 is 0 Å². The van der Waals surface area contributed by atoms with E-state index in [-0.39, 0.29) is 18.4 Å². The molecule has 7 nitrogen and oxygen atoms in total. The first-order chi connectivity index (χ1) is 16.3. The van der Waals surface area contributed by atoms with Crippen molar-refractivity contribution in [2.75, 3.05) is 11.9 Å². The summed E-state index contributed by atoms with van der Waals surface area (Å²) >= 11 is 0. The van der Waals surface area contributed by atoms with Gasteiger partial charge in [0.05, 0.1) is 5.92 Å². The number of carbonyl (C=O) groups excluding carboxylic acids is 1. The number of carbonyl (C=O) groups is 1. The first-order valence-corrected chi connectivity index (χ1v) is 15.6. The number of hydrogen-bond donors (Lipinski definition) is 1. The number of nitrogens with zero attached hydrogens (tertiary/aromatic N) is 3. The van der Waals surface area contributed by atoms with Gasteiger partial charge in [-0.15, -0.1) is 0 Å². The standard InChI is InChI=1S/C25H31FN4O3Si/c1-34(2,3)12-11-32-15-30-14-20(18-5-4-10-27-25(18)33-16-6-7-16)17-8-9-22(28-23(17)30)29-24(31)19-13-21(19)26/h4-5,8-10,14,16,19,21H,6-7,11-13,15H2,1-3H3,(H,28,29,31). The summed E-state index contributed by atoms with van der Waals surface area (Å²) < 4.78 is 27.3. The van der Waals surface area contributed by atoms with E-state index in [9.17, 15) is 9.18 Å². The zero-order valence-corrected chi connectivity index (χ0v) is 20.9. The lowest BCUT2D eigenvalue weighted by Gasteiger charge is -2.15. The van der Waals surface area contributed by atoms with Crippen molar-refractivity contribution in [3.63, 3.8) is 0 Å². The molecule has 5 rings (SSSR count). The first-order valence-electron chi connectivity index (χ1n) is 11.9. The van der Waals surface area contributed by atoms with Gasteiger partial charge >= 0.3 is 0 Å². The number of ether oxygens (including phenoxy) is 2. The zero-order valence-electron chi connectivity index (χ0n) is 19.9. The molecule has 0 aliphatic heterocycles. The first kappa shape index (κ1) is 23.0. The maximum absolute atomic E-state index is 13.3. The largest absolute Gasteiger partial charge is 0.474 e. The summed E-state index contributed by atoms with van der Waals surface area (Å²) in [4.78, 5) is 21.4. The quantitative estimate of drug-likeness (QED) is 0.315. The molecule has 0 spiro atoms. The number of pyridine rings is 2. The highest BCUT2D eigenvalue weighted by molar-refractivity contribution is 6.76. The Balaban J connectivity index is 1.46. The number of nitrogens with one attached hydrogen (secondary N) is 1. The van der Waals surface area contributed by atoms with Gasteiger partial charge in [-0.1, -0.05) is 19.6 Å². The minimum atomic E-state index is -1.20. The molecule has 3 aromatic heterocycles. The van der Waals surface area contributed by atoms with Gasteiger partial charge < -0.3 is 19.4 Å². The Morgan fingerprint density at radius 1 is 1.24 bits per heavy atom. The Morgan fingerprint density at radius 2 is 2.03 bits per heavy atom. The fourth-order valence-corrected chi connectivity index (χ4v) is 4.53. The Hall–Kier alpha value is -2.78. The maximum atomic E-state index is 13.3. The van der Waals surface area contributed by atoms with Gasteiger partial charge in [0, 0.05) is 43.6 Å². The number of rotatable bonds is 10. The summed E-state index contributed by atoms with van der Waals surface area (Å²) in [6.45, 7) is 7.99. The van der Waals surface area contributed by atoms with Crippen molar-refractivity contribution in [3.05, 3.63) is 36.7 Å². The Kier molecular flexibility index (Phi) is 6.16. The fraction of sp³-hybridized carbons (Fsp3) is 0.480. The molecule has 2 fully saturated rings. The number of fused-ring (bicyclic) bond motifs is 1. The van der Waals surface area contributed by atoms with E-state index < -0.39 is 20.2 Å². The second-order valence-electron chi connectivity index (χ2n) is 10.4. The van der Waals surface area contributed by atoms with Gasteiger partial charge in [-0.05, 0) is 49.6 Å². The van der Waals surface area contributed by atoms with E-state index in [1.54, 1.807) is 12.3 Å². The second kappa shape index (κ2) is 9.11. The Bertz CT molecular complexity index is 1200. The van der Waals surface area contributed by atoms with Crippen molar-refractivity contribution in [3.8, 4) is 17.0 Å². The molecule has 3 aromatic rings. The van der Waals surface area contributed by atoms with E-state index in [1.165, 1.54) is 0 Å². The van der Waals surface area contributed by atoms with Crippen LogP contribution in [0.25, 0.3) is 22.2 Å². The molecule has 2 saturated carbocycles. The van der Waals surface area contributed by atoms with Crippen molar-refractivity contribution >= 4 is 30.8 Å². The number of hydrogen-bond acceptors (Lipinski definition) is 5. The highest BCUT2D eigenvalue weighted by Gasteiger charge is 2.43. The van der Waals surface area contributed by atoms with Gasteiger partial charge in [-0.3, -0.25) is 4.79 Å². The predicted octanol–water partition coefficient (Wildman–Crippen LogP) is 5.25.